The van der Waals surface area contributed by atoms with Crippen molar-refractivity contribution in [2.24, 2.45) is 0 Å². The summed E-state index contributed by atoms with van der Waals surface area (Å²) in [5, 5.41) is 3.37. The lowest BCUT2D eigenvalue weighted by atomic mass is 9.83. The van der Waals surface area contributed by atoms with Gasteiger partial charge in [-0.3, -0.25) is 0 Å². The van der Waals surface area contributed by atoms with Crippen LogP contribution in [0.25, 0.3) is 0 Å². The molecule has 3 rings (SSSR count). The van der Waals surface area contributed by atoms with E-state index in [1.54, 1.807) is 0 Å². The molecule has 5 heteroatoms. The van der Waals surface area contributed by atoms with Gasteiger partial charge in [0.25, 0.3) is 0 Å². The molecule has 21 heavy (non-hydrogen) atoms. The van der Waals surface area contributed by atoms with Crippen LogP contribution in [0.5, 0.6) is 0 Å². The molecule has 2 heterocycles. The number of aromatic nitrogens is 4. The molecule has 1 fully saturated rings. The lowest BCUT2D eigenvalue weighted by Crippen LogP contribution is -2.15. The van der Waals surface area contributed by atoms with E-state index in [1.165, 1.54) is 25.0 Å². The Kier molecular flexibility index (Phi) is 4.18. The lowest BCUT2D eigenvalue weighted by molar-refractivity contribution is 0.410. The quantitative estimate of drug-likeness (QED) is 0.884. The number of rotatable bonds is 6. The van der Waals surface area contributed by atoms with Crippen LogP contribution in [0.4, 0.5) is 5.95 Å². The van der Waals surface area contributed by atoms with Crippen molar-refractivity contribution >= 4 is 5.95 Å². The summed E-state index contributed by atoms with van der Waals surface area (Å²) >= 11 is 0. The Labute approximate surface area is 125 Å². The van der Waals surface area contributed by atoms with Gasteiger partial charge in [0.1, 0.15) is 0 Å². The summed E-state index contributed by atoms with van der Waals surface area (Å²) in [5.41, 5.74) is 2.26. The van der Waals surface area contributed by atoms with Gasteiger partial charge in [-0.2, -0.15) is 0 Å². The Bertz CT molecular complexity index is 574. The van der Waals surface area contributed by atoms with E-state index >= 15 is 0 Å². The van der Waals surface area contributed by atoms with E-state index < -0.39 is 0 Å². The summed E-state index contributed by atoms with van der Waals surface area (Å²) in [6.07, 6.45) is 10.6. The van der Waals surface area contributed by atoms with Crippen molar-refractivity contribution in [2.75, 3.05) is 11.9 Å². The zero-order valence-corrected chi connectivity index (χ0v) is 12.8. The molecule has 0 aliphatic heterocycles. The van der Waals surface area contributed by atoms with Gasteiger partial charge in [0.2, 0.25) is 5.95 Å². The van der Waals surface area contributed by atoms with Gasteiger partial charge in [0, 0.05) is 42.3 Å². The van der Waals surface area contributed by atoms with E-state index in [2.05, 4.69) is 37.8 Å². The third kappa shape index (κ3) is 3.40. The van der Waals surface area contributed by atoms with Gasteiger partial charge in [-0.25, -0.2) is 15.0 Å². The van der Waals surface area contributed by atoms with Crippen molar-refractivity contribution in [1.29, 1.82) is 0 Å². The van der Waals surface area contributed by atoms with E-state index in [0.29, 0.717) is 12.0 Å². The Hall–Kier alpha value is -1.91. The van der Waals surface area contributed by atoms with E-state index in [-0.39, 0.29) is 0 Å². The minimum atomic E-state index is 0.427. The molecule has 112 valence electrons. The third-order valence-corrected chi connectivity index (χ3v) is 4.28. The molecule has 0 radical (unpaired) electrons. The Morgan fingerprint density at radius 2 is 2.24 bits per heavy atom. The molecule has 2 aromatic rings. The van der Waals surface area contributed by atoms with Crippen LogP contribution >= 0.6 is 0 Å². The second-order valence-electron chi connectivity index (χ2n) is 5.96. The maximum Gasteiger partial charge on any atom is 0.223 e. The average molecular weight is 285 g/mol. The Morgan fingerprint density at radius 1 is 1.38 bits per heavy atom. The first kappa shape index (κ1) is 14.0. The fraction of sp³-hybridized carbons (Fsp3) is 0.562. The van der Waals surface area contributed by atoms with Crippen LogP contribution in [0.1, 0.15) is 56.0 Å². The summed E-state index contributed by atoms with van der Waals surface area (Å²) in [6.45, 7) is 5.11. The van der Waals surface area contributed by atoms with Gasteiger partial charge in [-0.15, -0.1) is 0 Å². The summed E-state index contributed by atoms with van der Waals surface area (Å²) in [7, 11) is 0. The first-order chi connectivity index (χ1) is 10.2. The van der Waals surface area contributed by atoms with Crippen LogP contribution in [0.15, 0.2) is 24.8 Å². The molecule has 0 unspecified atom stereocenters. The maximum absolute atomic E-state index is 4.67. The molecule has 0 bridgehead atoms. The average Bonchev–Trinajstić information content (AvgIpc) is 2.89. The normalized spacial score (nSPS) is 16.5. The van der Waals surface area contributed by atoms with Crippen molar-refractivity contribution in [2.45, 2.75) is 51.5 Å². The number of nitrogens with one attached hydrogen (secondary N) is 1. The van der Waals surface area contributed by atoms with Crippen molar-refractivity contribution in [3.8, 4) is 0 Å². The highest BCUT2D eigenvalue weighted by molar-refractivity contribution is 5.29. The molecule has 2 aromatic heterocycles. The number of hydrogen-bond acceptors (Lipinski definition) is 4. The minimum Gasteiger partial charge on any atom is -0.354 e. The van der Waals surface area contributed by atoms with Crippen LogP contribution in [0.2, 0.25) is 0 Å². The molecule has 1 saturated carbocycles. The van der Waals surface area contributed by atoms with Gasteiger partial charge in [-0.05, 0) is 39.2 Å². The molecular weight excluding hydrogens is 262 g/mol. The van der Waals surface area contributed by atoms with Gasteiger partial charge in [0.05, 0.1) is 6.33 Å². The Balaban J connectivity index is 1.56. The first-order valence-corrected chi connectivity index (χ1v) is 7.79. The summed E-state index contributed by atoms with van der Waals surface area (Å²) in [5.74, 6) is 1.42. The minimum absolute atomic E-state index is 0.427. The number of nitrogens with zero attached hydrogens (tertiary/aromatic N) is 4. The lowest BCUT2D eigenvalue weighted by Gasteiger charge is -2.25. The summed E-state index contributed by atoms with van der Waals surface area (Å²) in [6, 6.07) is 2.55. The third-order valence-electron chi connectivity index (χ3n) is 4.28. The number of anilines is 1. The molecule has 1 N–H and O–H groups in total. The second-order valence-corrected chi connectivity index (χ2v) is 5.96. The van der Waals surface area contributed by atoms with E-state index in [9.17, 15) is 0 Å². The van der Waals surface area contributed by atoms with Crippen molar-refractivity contribution < 1.29 is 0 Å². The monoisotopic (exact) mass is 285 g/mol. The van der Waals surface area contributed by atoms with Crippen LogP contribution in [-0.2, 0) is 0 Å². The fourth-order valence-corrected chi connectivity index (χ4v) is 2.66. The van der Waals surface area contributed by atoms with Crippen LogP contribution in [0.3, 0.4) is 0 Å². The van der Waals surface area contributed by atoms with Crippen molar-refractivity contribution in [1.82, 2.24) is 19.5 Å². The Morgan fingerprint density at radius 3 is 2.90 bits per heavy atom. The van der Waals surface area contributed by atoms with Gasteiger partial charge in [-0.1, -0.05) is 6.42 Å². The molecule has 1 aliphatic rings. The molecule has 0 saturated heterocycles. The number of hydrogen-bond donors (Lipinski definition) is 1. The molecule has 0 amide bonds. The smallest absolute Gasteiger partial charge is 0.223 e. The van der Waals surface area contributed by atoms with E-state index in [4.69, 9.17) is 0 Å². The highest BCUT2D eigenvalue weighted by Gasteiger charge is 2.21. The molecular formula is C16H23N5. The highest BCUT2D eigenvalue weighted by atomic mass is 15.1. The fourth-order valence-electron chi connectivity index (χ4n) is 2.66. The summed E-state index contributed by atoms with van der Waals surface area (Å²) in [4.78, 5) is 13.3. The zero-order valence-electron chi connectivity index (χ0n) is 12.8. The van der Waals surface area contributed by atoms with Crippen molar-refractivity contribution in [3.63, 3.8) is 0 Å². The van der Waals surface area contributed by atoms with E-state index in [0.717, 1.165) is 24.6 Å². The molecule has 5 nitrogen and oxygen atoms in total. The molecule has 1 aliphatic carbocycles. The molecule has 0 aromatic carbocycles. The van der Waals surface area contributed by atoms with Crippen molar-refractivity contribution in [3.05, 3.63) is 36.2 Å². The largest absolute Gasteiger partial charge is 0.354 e. The first-order valence-electron chi connectivity index (χ1n) is 7.79. The predicted molar refractivity (Wildman–Crippen MR) is 83.4 cm³/mol. The molecule has 1 atom stereocenters. The van der Waals surface area contributed by atoms with Gasteiger partial charge >= 0.3 is 0 Å². The topological polar surface area (TPSA) is 55.6 Å². The van der Waals surface area contributed by atoms with Crippen LogP contribution < -0.4 is 5.32 Å². The molecule has 0 spiro atoms. The van der Waals surface area contributed by atoms with E-state index in [1.807, 2.05) is 25.6 Å². The second kappa shape index (κ2) is 6.24. The van der Waals surface area contributed by atoms with Crippen LogP contribution in [-0.4, -0.2) is 26.1 Å². The van der Waals surface area contributed by atoms with Gasteiger partial charge < -0.3 is 9.88 Å². The maximum atomic E-state index is 4.67. The standard InChI is InChI=1S/C16H23N5/c1-12-10-15(14-4-3-5-14)20-16(19-12)18-7-6-13(2)21-9-8-17-11-21/h8-11,13-14H,3-7H2,1-2H3,(H,18,19,20)/t13-/m1/s1. The van der Waals surface area contributed by atoms with Crippen LogP contribution in [0, 0.1) is 6.92 Å². The number of imidazole rings is 1. The summed E-state index contributed by atoms with van der Waals surface area (Å²) < 4.78 is 2.12. The zero-order chi connectivity index (χ0) is 14.7. The highest BCUT2D eigenvalue weighted by Crippen LogP contribution is 2.35. The van der Waals surface area contributed by atoms with Gasteiger partial charge in [0.15, 0.2) is 0 Å². The number of aryl methyl sites for hydroxylation is 1. The SMILES string of the molecule is Cc1cc(C2CCC2)nc(NCC[C@@H](C)n2ccnc2)n1. The predicted octanol–water partition coefficient (Wildman–Crippen LogP) is 3.31.